The number of rotatable bonds is 1. The van der Waals surface area contributed by atoms with E-state index in [0.717, 1.165) is 22.6 Å². The van der Waals surface area contributed by atoms with Crippen molar-refractivity contribution in [2.24, 2.45) is 0 Å². The largest absolute Gasteiger partial charge is 0.488 e. The second-order valence-corrected chi connectivity index (χ2v) is 4.21. The normalized spacial score (nSPS) is 18.9. The smallest absolute Gasteiger partial charge is 0.329 e. The maximum absolute atomic E-state index is 11.0. The van der Waals surface area contributed by atoms with E-state index >= 15 is 0 Å². The van der Waals surface area contributed by atoms with Gasteiger partial charge in [-0.3, -0.25) is 0 Å². The van der Waals surface area contributed by atoms with Gasteiger partial charge in [0.1, 0.15) is 12.4 Å². The molecule has 1 unspecified atom stereocenters. The molecule has 86 valence electrons. The van der Waals surface area contributed by atoms with Gasteiger partial charge >= 0.3 is 5.97 Å². The zero-order valence-corrected chi connectivity index (χ0v) is 9.65. The van der Waals surface area contributed by atoms with Gasteiger partial charge in [0.25, 0.3) is 0 Å². The first-order chi connectivity index (χ1) is 7.50. The van der Waals surface area contributed by atoms with E-state index < -0.39 is 12.0 Å². The highest BCUT2D eigenvalue weighted by Gasteiger charge is 2.31. The second kappa shape index (κ2) is 3.70. The Morgan fingerprint density at radius 2 is 2.19 bits per heavy atom. The Bertz CT molecular complexity index is 442. The summed E-state index contributed by atoms with van der Waals surface area (Å²) in [5.41, 5.74) is 3.01. The summed E-state index contributed by atoms with van der Waals surface area (Å²) in [5.74, 6) is -0.0575. The van der Waals surface area contributed by atoms with Gasteiger partial charge in [-0.25, -0.2) is 4.79 Å². The van der Waals surface area contributed by atoms with Gasteiger partial charge in [0.05, 0.1) is 5.69 Å². The number of anilines is 1. The monoisotopic (exact) mass is 221 g/mol. The molecule has 0 spiro atoms. The Balaban J connectivity index is 2.48. The number of carboxylic acids is 1. The molecule has 2 rings (SSSR count). The van der Waals surface area contributed by atoms with Crippen molar-refractivity contribution in [3.05, 3.63) is 23.3 Å². The van der Waals surface area contributed by atoms with E-state index in [0.29, 0.717) is 0 Å². The number of carboxylic acid groups (broad SMARTS) is 1. The van der Waals surface area contributed by atoms with Crippen molar-refractivity contribution in [2.45, 2.75) is 19.9 Å². The van der Waals surface area contributed by atoms with E-state index in [1.165, 1.54) is 0 Å². The summed E-state index contributed by atoms with van der Waals surface area (Å²) in [6.07, 6.45) is 0. The van der Waals surface area contributed by atoms with Crippen LogP contribution >= 0.6 is 0 Å². The summed E-state index contributed by atoms with van der Waals surface area (Å²) in [4.78, 5) is 12.8. The second-order valence-electron chi connectivity index (χ2n) is 4.21. The van der Waals surface area contributed by atoms with Gasteiger partial charge in [-0.05, 0) is 31.0 Å². The van der Waals surface area contributed by atoms with Crippen LogP contribution in [0.4, 0.5) is 5.69 Å². The SMILES string of the molecule is Cc1cc(C)c2c(c1)N(C)C(C(=O)O)CO2. The Kier molecular flexibility index (Phi) is 2.50. The highest BCUT2D eigenvalue weighted by Crippen LogP contribution is 2.36. The molecule has 1 heterocycles. The molecule has 1 aliphatic rings. The summed E-state index contributed by atoms with van der Waals surface area (Å²) >= 11 is 0. The highest BCUT2D eigenvalue weighted by atomic mass is 16.5. The lowest BCUT2D eigenvalue weighted by molar-refractivity contribution is -0.139. The van der Waals surface area contributed by atoms with Gasteiger partial charge in [0, 0.05) is 7.05 Å². The average Bonchev–Trinajstić information content (AvgIpc) is 2.19. The average molecular weight is 221 g/mol. The Morgan fingerprint density at radius 3 is 2.81 bits per heavy atom. The van der Waals surface area contributed by atoms with E-state index in [4.69, 9.17) is 9.84 Å². The van der Waals surface area contributed by atoms with Gasteiger partial charge < -0.3 is 14.7 Å². The van der Waals surface area contributed by atoms with Crippen LogP contribution in [-0.4, -0.2) is 30.8 Å². The summed E-state index contributed by atoms with van der Waals surface area (Å²) < 4.78 is 5.53. The van der Waals surface area contributed by atoms with Gasteiger partial charge in [0.15, 0.2) is 6.04 Å². The quantitative estimate of drug-likeness (QED) is 0.782. The van der Waals surface area contributed by atoms with Crippen molar-refractivity contribution >= 4 is 11.7 Å². The van der Waals surface area contributed by atoms with Gasteiger partial charge in [-0.15, -0.1) is 0 Å². The molecule has 0 aliphatic carbocycles. The Hall–Kier alpha value is -1.71. The molecule has 0 saturated heterocycles. The van der Waals surface area contributed by atoms with Crippen LogP contribution in [0.5, 0.6) is 5.75 Å². The van der Waals surface area contributed by atoms with Crippen LogP contribution in [0.15, 0.2) is 12.1 Å². The topological polar surface area (TPSA) is 49.8 Å². The highest BCUT2D eigenvalue weighted by molar-refractivity contribution is 5.81. The van der Waals surface area contributed by atoms with Crippen LogP contribution in [0, 0.1) is 13.8 Å². The van der Waals surface area contributed by atoms with Gasteiger partial charge in [-0.1, -0.05) is 6.07 Å². The molecule has 0 radical (unpaired) electrons. The lowest BCUT2D eigenvalue weighted by Crippen LogP contribution is -2.46. The molecular formula is C12H15NO3. The molecule has 1 aliphatic heterocycles. The number of hydrogen-bond donors (Lipinski definition) is 1. The van der Waals surface area contributed by atoms with Gasteiger partial charge in [0.2, 0.25) is 0 Å². The predicted octanol–water partition coefficient (Wildman–Crippen LogP) is 1.59. The molecular weight excluding hydrogens is 206 g/mol. The number of fused-ring (bicyclic) bond motifs is 1. The summed E-state index contributed by atoms with van der Waals surface area (Å²) in [7, 11) is 1.79. The van der Waals surface area contributed by atoms with E-state index in [2.05, 4.69) is 0 Å². The number of carbonyl (C=O) groups is 1. The van der Waals surface area contributed by atoms with Crippen molar-refractivity contribution in [2.75, 3.05) is 18.6 Å². The minimum Gasteiger partial charge on any atom is -0.488 e. The minimum absolute atomic E-state index is 0.197. The fourth-order valence-corrected chi connectivity index (χ4v) is 2.06. The van der Waals surface area contributed by atoms with E-state index in [9.17, 15) is 4.79 Å². The number of aryl methyl sites for hydroxylation is 2. The zero-order valence-electron chi connectivity index (χ0n) is 9.65. The molecule has 0 amide bonds. The van der Waals surface area contributed by atoms with Crippen LogP contribution in [0.1, 0.15) is 11.1 Å². The molecule has 1 atom stereocenters. The molecule has 1 N–H and O–H groups in total. The number of nitrogens with zero attached hydrogens (tertiary/aromatic N) is 1. The fraction of sp³-hybridized carbons (Fsp3) is 0.417. The third kappa shape index (κ3) is 1.60. The number of benzene rings is 1. The van der Waals surface area contributed by atoms with Crippen molar-refractivity contribution in [3.63, 3.8) is 0 Å². The molecule has 4 nitrogen and oxygen atoms in total. The van der Waals surface area contributed by atoms with Crippen molar-refractivity contribution in [1.82, 2.24) is 0 Å². The summed E-state index contributed by atoms with van der Waals surface area (Å²) in [6, 6.07) is 3.39. The summed E-state index contributed by atoms with van der Waals surface area (Å²) in [5, 5.41) is 9.05. The lowest BCUT2D eigenvalue weighted by atomic mass is 10.1. The predicted molar refractivity (Wildman–Crippen MR) is 61.2 cm³/mol. The number of hydrogen-bond acceptors (Lipinski definition) is 3. The zero-order chi connectivity index (χ0) is 11.9. The van der Waals surface area contributed by atoms with E-state index in [-0.39, 0.29) is 6.61 Å². The van der Waals surface area contributed by atoms with Crippen LogP contribution in [0.3, 0.4) is 0 Å². The molecule has 1 aromatic rings. The van der Waals surface area contributed by atoms with Crippen LogP contribution in [0.2, 0.25) is 0 Å². The number of likely N-dealkylation sites (N-methyl/N-ethyl adjacent to an activating group) is 1. The number of aliphatic carboxylic acids is 1. The Labute approximate surface area is 94.4 Å². The summed E-state index contributed by atoms with van der Waals surface area (Å²) in [6.45, 7) is 4.16. The molecule has 0 fully saturated rings. The van der Waals surface area contributed by atoms with Crippen LogP contribution < -0.4 is 9.64 Å². The lowest BCUT2D eigenvalue weighted by Gasteiger charge is -2.34. The first-order valence-electron chi connectivity index (χ1n) is 5.20. The molecule has 16 heavy (non-hydrogen) atoms. The van der Waals surface area contributed by atoms with E-state index in [1.807, 2.05) is 26.0 Å². The van der Waals surface area contributed by atoms with Crippen LogP contribution in [0.25, 0.3) is 0 Å². The maximum Gasteiger partial charge on any atom is 0.329 e. The fourth-order valence-electron chi connectivity index (χ4n) is 2.06. The van der Waals surface area contributed by atoms with Gasteiger partial charge in [-0.2, -0.15) is 0 Å². The molecule has 0 aromatic heterocycles. The van der Waals surface area contributed by atoms with E-state index in [1.54, 1.807) is 11.9 Å². The first-order valence-corrected chi connectivity index (χ1v) is 5.20. The number of ether oxygens (including phenoxy) is 1. The third-order valence-electron chi connectivity index (χ3n) is 2.92. The maximum atomic E-state index is 11.0. The third-order valence-corrected chi connectivity index (χ3v) is 2.92. The van der Waals surface area contributed by atoms with Crippen molar-refractivity contribution in [1.29, 1.82) is 0 Å². The Morgan fingerprint density at radius 1 is 1.50 bits per heavy atom. The minimum atomic E-state index is -0.854. The first kappa shape index (κ1) is 10.8. The molecule has 1 aromatic carbocycles. The van der Waals surface area contributed by atoms with Crippen LogP contribution in [-0.2, 0) is 4.79 Å². The standard InChI is InChI=1S/C12H15NO3/c1-7-4-8(2)11-9(5-7)13(3)10(6-16-11)12(14)15/h4-5,10H,6H2,1-3H3,(H,14,15). The van der Waals surface area contributed by atoms with Crippen molar-refractivity contribution in [3.8, 4) is 5.75 Å². The van der Waals surface area contributed by atoms with Crippen molar-refractivity contribution < 1.29 is 14.6 Å². The molecule has 0 saturated carbocycles. The molecule has 4 heteroatoms. The molecule has 0 bridgehead atoms.